The molecule has 1 aliphatic rings. The highest BCUT2D eigenvalue weighted by Gasteiger charge is 2.41. The summed E-state index contributed by atoms with van der Waals surface area (Å²) < 4.78 is 1.34. The molecule has 1 aliphatic heterocycles. The zero-order valence-corrected chi connectivity index (χ0v) is 14.4. The van der Waals surface area contributed by atoms with E-state index in [4.69, 9.17) is 0 Å². The highest BCUT2D eigenvalue weighted by molar-refractivity contribution is 7.99. The Morgan fingerprint density at radius 1 is 1.31 bits per heavy atom. The Hall–Kier alpha value is -2.88. The average Bonchev–Trinajstić information content (AvgIpc) is 3.13. The molecule has 1 aromatic carbocycles. The number of nitro groups is 1. The largest absolute Gasteiger partial charge is 0.480 e. The number of nitrogens with one attached hydrogen (secondary N) is 1. The summed E-state index contributed by atoms with van der Waals surface area (Å²) in [5.41, 5.74) is -0.887. The Morgan fingerprint density at radius 3 is 2.69 bits per heavy atom. The molecule has 0 bridgehead atoms. The van der Waals surface area contributed by atoms with Gasteiger partial charge >= 0.3 is 5.97 Å². The summed E-state index contributed by atoms with van der Waals surface area (Å²) in [5.74, 6) is -0.309. The first kappa shape index (κ1) is 17.9. The van der Waals surface area contributed by atoms with Crippen molar-refractivity contribution in [2.24, 2.45) is 0 Å². The zero-order chi connectivity index (χ0) is 18.7. The van der Waals surface area contributed by atoms with Crippen LogP contribution in [-0.2, 0) is 4.79 Å². The van der Waals surface area contributed by atoms with Crippen molar-refractivity contribution in [1.82, 2.24) is 15.1 Å². The van der Waals surface area contributed by atoms with Crippen LogP contribution in [0.2, 0.25) is 0 Å². The van der Waals surface area contributed by atoms with Crippen molar-refractivity contribution in [2.45, 2.75) is 18.4 Å². The lowest BCUT2D eigenvalue weighted by molar-refractivity contribution is -0.384. The number of benzene rings is 1. The first-order chi connectivity index (χ1) is 12.4. The second kappa shape index (κ2) is 7.16. The van der Waals surface area contributed by atoms with Crippen molar-refractivity contribution in [1.29, 1.82) is 0 Å². The number of carbonyl (C=O) groups is 2. The van der Waals surface area contributed by atoms with E-state index in [9.17, 15) is 24.8 Å². The second-order valence-electron chi connectivity index (χ2n) is 5.88. The van der Waals surface area contributed by atoms with Gasteiger partial charge in [-0.25, -0.2) is 9.48 Å². The van der Waals surface area contributed by atoms with Crippen LogP contribution in [0.25, 0.3) is 5.69 Å². The van der Waals surface area contributed by atoms with E-state index in [2.05, 4.69) is 10.4 Å². The normalized spacial score (nSPS) is 16.0. The lowest BCUT2D eigenvalue weighted by Gasteiger charge is -2.33. The number of carboxylic acid groups (broad SMARTS) is 1. The molecule has 0 unspecified atom stereocenters. The number of carboxylic acids is 1. The van der Waals surface area contributed by atoms with E-state index in [1.54, 1.807) is 17.8 Å². The van der Waals surface area contributed by atoms with E-state index in [0.29, 0.717) is 30.0 Å². The first-order valence-corrected chi connectivity index (χ1v) is 9.01. The molecule has 136 valence electrons. The van der Waals surface area contributed by atoms with E-state index in [1.807, 2.05) is 0 Å². The summed E-state index contributed by atoms with van der Waals surface area (Å²) in [4.78, 5) is 34.5. The highest BCUT2D eigenvalue weighted by Crippen LogP contribution is 2.27. The molecular formula is C16H16N4O5S. The van der Waals surface area contributed by atoms with Crippen molar-refractivity contribution in [3.63, 3.8) is 0 Å². The maximum Gasteiger partial charge on any atom is 0.329 e. The van der Waals surface area contributed by atoms with Gasteiger partial charge in [0.2, 0.25) is 0 Å². The van der Waals surface area contributed by atoms with Crippen molar-refractivity contribution in [3.05, 3.63) is 52.3 Å². The number of aliphatic carboxylic acids is 1. The number of hydrogen-bond donors (Lipinski definition) is 2. The van der Waals surface area contributed by atoms with Crippen molar-refractivity contribution in [2.75, 3.05) is 11.5 Å². The Bertz CT molecular complexity index is 860. The lowest BCUT2D eigenvalue weighted by atomic mass is 9.92. The minimum Gasteiger partial charge on any atom is -0.480 e. The average molecular weight is 376 g/mol. The van der Waals surface area contributed by atoms with Crippen LogP contribution >= 0.6 is 11.8 Å². The van der Waals surface area contributed by atoms with E-state index in [0.717, 1.165) is 0 Å². The molecule has 0 saturated carbocycles. The predicted octanol–water partition coefficient (Wildman–Crippen LogP) is 1.86. The third-order valence-corrected chi connectivity index (χ3v) is 5.22. The SMILES string of the molecule is O=C(NC1(C(=O)O)CCSCC1)c1ccn(-c2cccc([N+](=O)[O-])c2)n1. The summed E-state index contributed by atoms with van der Waals surface area (Å²) in [5, 5.41) is 27.1. The van der Waals surface area contributed by atoms with E-state index >= 15 is 0 Å². The fraction of sp³-hybridized carbons (Fsp3) is 0.312. The monoisotopic (exact) mass is 376 g/mol. The molecular weight excluding hydrogens is 360 g/mol. The van der Waals surface area contributed by atoms with Crippen LogP contribution in [0.5, 0.6) is 0 Å². The number of hydrogen-bond acceptors (Lipinski definition) is 6. The van der Waals surface area contributed by atoms with Crippen LogP contribution in [0.15, 0.2) is 36.5 Å². The molecule has 3 rings (SSSR count). The van der Waals surface area contributed by atoms with E-state index in [1.165, 1.54) is 35.1 Å². The van der Waals surface area contributed by atoms with Gasteiger partial charge in [0.15, 0.2) is 5.69 Å². The molecule has 9 nitrogen and oxygen atoms in total. The van der Waals surface area contributed by atoms with Gasteiger partial charge in [0, 0.05) is 18.3 Å². The maximum absolute atomic E-state index is 12.5. The van der Waals surface area contributed by atoms with Gasteiger partial charge in [0.05, 0.1) is 10.6 Å². The Kier molecular flexibility index (Phi) is 4.94. The van der Waals surface area contributed by atoms with Crippen molar-refractivity contribution >= 4 is 29.3 Å². The molecule has 1 fully saturated rings. The molecule has 0 atom stereocenters. The number of nitrogens with zero attached hydrogens (tertiary/aromatic N) is 3. The molecule has 10 heteroatoms. The quantitative estimate of drug-likeness (QED) is 0.602. The number of nitro benzene ring substituents is 1. The zero-order valence-electron chi connectivity index (χ0n) is 13.6. The molecule has 0 spiro atoms. The number of carbonyl (C=O) groups excluding carboxylic acids is 1. The number of rotatable bonds is 5. The first-order valence-electron chi connectivity index (χ1n) is 7.85. The number of thioether (sulfide) groups is 1. The topological polar surface area (TPSA) is 127 Å². The fourth-order valence-electron chi connectivity index (χ4n) is 2.73. The Balaban J connectivity index is 1.81. The molecule has 2 N–H and O–H groups in total. The second-order valence-corrected chi connectivity index (χ2v) is 7.10. The Labute approximate surface area is 152 Å². The minimum absolute atomic E-state index is 0.0513. The molecule has 2 aromatic rings. The van der Waals surface area contributed by atoms with Gasteiger partial charge in [0.1, 0.15) is 5.54 Å². The summed E-state index contributed by atoms with van der Waals surface area (Å²) in [6, 6.07) is 7.29. The smallest absolute Gasteiger partial charge is 0.329 e. The van der Waals surface area contributed by atoms with Gasteiger partial charge in [-0.15, -0.1) is 0 Å². The van der Waals surface area contributed by atoms with Crippen LogP contribution in [0, 0.1) is 10.1 Å². The van der Waals surface area contributed by atoms with E-state index < -0.39 is 22.3 Å². The van der Waals surface area contributed by atoms with Gasteiger partial charge in [-0.1, -0.05) is 6.07 Å². The Morgan fingerprint density at radius 2 is 2.04 bits per heavy atom. The summed E-state index contributed by atoms with van der Waals surface area (Å²) >= 11 is 1.65. The van der Waals surface area contributed by atoms with E-state index in [-0.39, 0.29) is 11.4 Å². The molecule has 1 aromatic heterocycles. The molecule has 1 amide bonds. The van der Waals surface area contributed by atoms with Crippen LogP contribution in [0.1, 0.15) is 23.3 Å². The number of aromatic nitrogens is 2. The van der Waals surface area contributed by atoms with Crippen LogP contribution in [0.4, 0.5) is 5.69 Å². The standard InChI is InChI=1S/C16H16N4O5S/c21-14(17-16(15(22)23)5-8-26-9-6-16)13-4-7-19(18-13)11-2-1-3-12(10-11)20(24)25/h1-4,7,10H,5-6,8-9H2,(H,17,21)(H,22,23). The number of non-ortho nitro benzene ring substituents is 1. The van der Waals surface area contributed by atoms with Gasteiger partial charge < -0.3 is 10.4 Å². The van der Waals surface area contributed by atoms with Gasteiger partial charge in [-0.3, -0.25) is 14.9 Å². The van der Waals surface area contributed by atoms with Gasteiger partial charge in [0.25, 0.3) is 11.6 Å². The van der Waals surface area contributed by atoms with Gasteiger partial charge in [-0.2, -0.15) is 16.9 Å². The lowest BCUT2D eigenvalue weighted by Crippen LogP contribution is -2.56. The van der Waals surface area contributed by atoms with Crippen molar-refractivity contribution in [3.8, 4) is 5.69 Å². The molecule has 0 radical (unpaired) electrons. The van der Waals surface area contributed by atoms with Crippen molar-refractivity contribution < 1.29 is 19.6 Å². The van der Waals surface area contributed by atoms with Crippen LogP contribution in [-0.4, -0.2) is 48.7 Å². The molecule has 2 heterocycles. The highest BCUT2D eigenvalue weighted by atomic mass is 32.2. The fourth-order valence-corrected chi connectivity index (χ4v) is 3.92. The predicted molar refractivity (Wildman–Crippen MR) is 94.6 cm³/mol. The molecule has 0 aliphatic carbocycles. The van der Waals surface area contributed by atoms with Crippen LogP contribution < -0.4 is 5.32 Å². The third kappa shape index (κ3) is 3.54. The molecule has 1 saturated heterocycles. The third-order valence-electron chi connectivity index (χ3n) is 4.24. The molecule has 26 heavy (non-hydrogen) atoms. The summed E-state index contributed by atoms with van der Waals surface area (Å²) in [7, 11) is 0. The summed E-state index contributed by atoms with van der Waals surface area (Å²) in [6.45, 7) is 0. The van der Waals surface area contributed by atoms with Gasteiger partial charge in [-0.05, 0) is 36.5 Å². The summed E-state index contributed by atoms with van der Waals surface area (Å²) in [6.07, 6.45) is 2.20. The minimum atomic E-state index is -1.28. The van der Waals surface area contributed by atoms with Crippen LogP contribution in [0.3, 0.4) is 0 Å². The number of amides is 1. The maximum atomic E-state index is 12.5.